The summed E-state index contributed by atoms with van der Waals surface area (Å²) in [6, 6.07) is 0. The predicted octanol–water partition coefficient (Wildman–Crippen LogP) is 10.3. The maximum absolute atomic E-state index is 10.4. The van der Waals surface area contributed by atoms with Gasteiger partial charge in [0.25, 0.3) is 0 Å². The summed E-state index contributed by atoms with van der Waals surface area (Å²) in [7, 11) is 0. The van der Waals surface area contributed by atoms with Crippen molar-refractivity contribution in [2.45, 2.75) is 152 Å². The van der Waals surface area contributed by atoms with Crippen LogP contribution in [0.15, 0.2) is 0 Å². The zero-order valence-corrected chi connectivity index (χ0v) is 24.6. The topological polar surface area (TPSA) is 29.5 Å². The van der Waals surface area contributed by atoms with Gasteiger partial charge in [-0.25, -0.2) is 0 Å². The molecular weight excluding hydrogens is 416 g/mol. The number of rotatable bonds is 12. The summed E-state index contributed by atoms with van der Waals surface area (Å²) in [5.41, 5.74) is 4.23. The molecular formula is C32H58O2. The molecule has 2 heteroatoms. The first kappa shape index (κ1) is 30.9. The molecule has 1 aromatic rings. The lowest BCUT2D eigenvalue weighted by Gasteiger charge is -2.38. The molecule has 2 rings (SSSR count). The Morgan fingerprint density at radius 2 is 1.29 bits per heavy atom. The number of hydrogen-bond donors (Lipinski definition) is 1. The first-order valence-corrected chi connectivity index (χ1v) is 14.5. The van der Waals surface area contributed by atoms with Gasteiger partial charge in [0.2, 0.25) is 0 Å². The van der Waals surface area contributed by atoms with E-state index < -0.39 is 0 Å². The third-order valence-corrected chi connectivity index (χ3v) is 7.87. The van der Waals surface area contributed by atoms with Crippen LogP contribution < -0.4 is 4.74 Å². The van der Waals surface area contributed by atoms with Gasteiger partial charge in [-0.15, -0.1) is 0 Å². The van der Waals surface area contributed by atoms with Crippen LogP contribution in [0.25, 0.3) is 0 Å². The van der Waals surface area contributed by atoms with E-state index in [0.717, 1.165) is 59.5 Å². The van der Waals surface area contributed by atoms with Crippen LogP contribution >= 0.6 is 0 Å². The molecule has 0 fully saturated rings. The zero-order chi connectivity index (χ0) is 25.9. The SMILES string of the molecule is CCC.Cc1c(C)c2c(c(C)c1O)CC[C@@](C)(CCCC(C)CCCC(C)CCCC(C)C)O2. The number of hydrogen-bond acceptors (Lipinski definition) is 2. The molecule has 198 valence electrons. The quantitative estimate of drug-likeness (QED) is 0.326. The zero-order valence-electron chi connectivity index (χ0n) is 24.6. The maximum Gasteiger partial charge on any atom is 0.127 e. The Morgan fingerprint density at radius 3 is 1.82 bits per heavy atom. The highest BCUT2D eigenvalue weighted by molar-refractivity contribution is 5.58. The summed E-state index contributed by atoms with van der Waals surface area (Å²) >= 11 is 0. The van der Waals surface area contributed by atoms with Gasteiger partial charge in [0.15, 0.2) is 0 Å². The lowest BCUT2D eigenvalue weighted by atomic mass is 9.84. The van der Waals surface area contributed by atoms with Crippen molar-refractivity contribution in [3.05, 3.63) is 22.3 Å². The molecule has 0 aliphatic carbocycles. The molecule has 1 heterocycles. The van der Waals surface area contributed by atoms with Crippen molar-refractivity contribution in [2.75, 3.05) is 0 Å². The van der Waals surface area contributed by atoms with Gasteiger partial charge in [-0.3, -0.25) is 0 Å². The highest BCUT2D eigenvalue weighted by Gasteiger charge is 2.34. The minimum atomic E-state index is -0.0712. The van der Waals surface area contributed by atoms with Crippen molar-refractivity contribution in [3.63, 3.8) is 0 Å². The first-order valence-electron chi connectivity index (χ1n) is 14.5. The second-order valence-electron chi connectivity index (χ2n) is 12.1. The lowest BCUT2D eigenvalue weighted by Crippen LogP contribution is -2.37. The fraction of sp³-hybridized carbons (Fsp3) is 0.812. The maximum atomic E-state index is 10.4. The monoisotopic (exact) mass is 474 g/mol. The van der Waals surface area contributed by atoms with E-state index in [9.17, 15) is 5.11 Å². The lowest BCUT2D eigenvalue weighted by molar-refractivity contribution is 0.0512. The Kier molecular flexibility index (Phi) is 13.7. The molecule has 3 atom stereocenters. The molecule has 1 aromatic carbocycles. The summed E-state index contributed by atoms with van der Waals surface area (Å²) in [5, 5.41) is 10.4. The molecule has 0 bridgehead atoms. The van der Waals surface area contributed by atoms with Crippen molar-refractivity contribution >= 4 is 0 Å². The van der Waals surface area contributed by atoms with Crippen LogP contribution in [0.1, 0.15) is 141 Å². The highest BCUT2D eigenvalue weighted by Crippen LogP contribution is 2.44. The summed E-state index contributed by atoms with van der Waals surface area (Å²) < 4.78 is 6.60. The fourth-order valence-corrected chi connectivity index (χ4v) is 5.27. The normalized spacial score (nSPS) is 19.1. The van der Waals surface area contributed by atoms with Crippen LogP contribution in [0.3, 0.4) is 0 Å². The van der Waals surface area contributed by atoms with E-state index in [2.05, 4.69) is 55.4 Å². The summed E-state index contributed by atoms with van der Waals surface area (Å²) in [6.45, 7) is 22.2. The minimum Gasteiger partial charge on any atom is -0.507 e. The van der Waals surface area contributed by atoms with Gasteiger partial charge in [-0.05, 0) is 87.8 Å². The highest BCUT2D eigenvalue weighted by atomic mass is 16.5. The summed E-state index contributed by atoms with van der Waals surface area (Å²) in [6.07, 6.45) is 15.3. The predicted molar refractivity (Wildman–Crippen MR) is 150 cm³/mol. The third kappa shape index (κ3) is 9.82. The second kappa shape index (κ2) is 15.0. The van der Waals surface area contributed by atoms with Gasteiger partial charge in [0.1, 0.15) is 17.1 Å². The van der Waals surface area contributed by atoms with Crippen molar-refractivity contribution < 1.29 is 9.84 Å². The largest absolute Gasteiger partial charge is 0.507 e. The third-order valence-electron chi connectivity index (χ3n) is 7.87. The average molecular weight is 475 g/mol. The fourth-order valence-electron chi connectivity index (χ4n) is 5.27. The van der Waals surface area contributed by atoms with E-state index in [1.807, 2.05) is 13.8 Å². The smallest absolute Gasteiger partial charge is 0.127 e. The molecule has 2 unspecified atom stereocenters. The van der Waals surface area contributed by atoms with Gasteiger partial charge in [0, 0.05) is 5.56 Å². The molecule has 0 aromatic heterocycles. The van der Waals surface area contributed by atoms with Crippen LogP contribution in [0.2, 0.25) is 0 Å². The van der Waals surface area contributed by atoms with Crippen LogP contribution in [-0.2, 0) is 6.42 Å². The van der Waals surface area contributed by atoms with Crippen molar-refractivity contribution in [3.8, 4) is 11.5 Å². The molecule has 1 aliphatic heterocycles. The molecule has 34 heavy (non-hydrogen) atoms. The van der Waals surface area contributed by atoms with Gasteiger partial charge in [-0.2, -0.15) is 0 Å². The second-order valence-corrected chi connectivity index (χ2v) is 12.1. The van der Waals surface area contributed by atoms with Gasteiger partial charge >= 0.3 is 0 Å². The minimum absolute atomic E-state index is 0.0712. The number of ether oxygens (including phenoxy) is 1. The number of phenols is 1. The number of fused-ring (bicyclic) bond motifs is 1. The van der Waals surface area contributed by atoms with Crippen LogP contribution in [0.4, 0.5) is 0 Å². The number of aromatic hydroxyl groups is 1. The molecule has 1 aliphatic rings. The van der Waals surface area contributed by atoms with Crippen molar-refractivity contribution in [1.82, 2.24) is 0 Å². The first-order chi connectivity index (χ1) is 16.0. The van der Waals surface area contributed by atoms with Crippen molar-refractivity contribution in [1.29, 1.82) is 0 Å². The molecule has 2 nitrogen and oxygen atoms in total. The standard InChI is InChI=1S/C29H50O2.C3H8/c1-20(2)12-9-13-21(3)14-10-15-22(4)16-11-18-29(8)19-17-26-25(7)27(30)23(5)24(6)28(26)31-29;1-3-2/h20-22,30H,9-19H2,1-8H3;3H2,1-2H3/t21?,22?,29-;/m1./s1. The van der Waals surface area contributed by atoms with E-state index in [4.69, 9.17) is 4.74 Å². The van der Waals surface area contributed by atoms with E-state index in [-0.39, 0.29) is 5.60 Å². The van der Waals surface area contributed by atoms with E-state index in [1.165, 1.54) is 63.4 Å². The van der Waals surface area contributed by atoms with Crippen LogP contribution in [0, 0.1) is 38.5 Å². The Bertz CT molecular complexity index is 720. The average Bonchev–Trinajstić information content (AvgIpc) is 2.76. The molecule has 0 saturated heterocycles. The Labute approximate surface area is 213 Å². The summed E-state index contributed by atoms with van der Waals surface area (Å²) in [4.78, 5) is 0. The summed E-state index contributed by atoms with van der Waals surface area (Å²) in [5.74, 6) is 4.04. The van der Waals surface area contributed by atoms with E-state index >= 15 is 0 Å². The van der Waals surface area contributed by atoms with Gasteiger partial charge in [-0.1, -0.05) is 92.9 Å². The molecule has 0 saturated carbocycles. The number of phenolic OH excluding ortho intramolecular Hbond substituents is 1. The Morgan fingerprint density at radius 1 is 0.794 bits per heavy atom. The molecule has 0 spiro atoms. The van der Waals surface area contributed by atoms with E-state index in [1.54, 1.807) is 0 Å². The Hall–Kier alpha value is -1.18. The van der Waals surface area contributed by atoms with Crippen LogP contribution in [-0.4, -0.2) is 10.7 Å². The molecule has 0 radical (unpaired) electrons. The number of benzene rings is 1. The van der Waals surface area contributed by atoms with Crippen LogP contribution in [0.5, 0.6) is 11.5 Å². The molecule has 0 amide bonds. The van der Waals surface area contributed by atoms with E-state index in [0.29, 0.717) is 5.75 Å². The van der Waals surface area contributed by atoms with Gasteiger partial charge in [0.05, 0.1) is 0 Å². The molecule has 1 N–H and O–H groups in total. The van der Waals surface area contributed by atoms with Gasteiger partial charge < -0.3 is 9.84 Å². The Balaban J connectivity index is 0.00000182. The van der Waals surface area contributed by atoms with Crippen molar-refractivity contribution in [2.24, 2.45) is 17.8 Å².